The quantitative estimate of drug-likeness (QED) is 0.833. The Morgan fingerprint density at radius 1 is 1.24 bits per heavy atom. The topological polar surface area (TPSA) is 50.6 Å². The van der Waals surface area contributed by atoms with Gasteiger partial charge in [-0.25, -0.2) is 0 Å². The molecule has 3 rings (SSSR count). The molecule has 0 unspecified atom stereocenters. The van der Waals surface area contributed by atoms with Gasteiger partial charge in [0.2, 0.25) is 5.91 Å². The lowest BCUT2D eigenvalue weighted by Gasteiger charge is -2.39. The number of hydrogen-bond acceptors (Lipinski definition) is 4. The van der Waals surface area contributed by atoms with Crippen molar-refractivity contribution < 1.29 is 9.53 Å². The Morgan fingerprint density at radius 3 is 2.48 bits per heavy atom. The molecule has 6 heteroatoms. The van der Waals surface area contributed by atoms with Gasteiger partial charge >= 0.3 is 0 Å². The molecule has 1 aromatic rings. The van der Waals surface area contributed by atoms with Crippen molar-refractivity contribution in [3.8, 4) is 0 Å². The first kappa shape index (κ1) is 18.4. The van der Waals surface area contributed by atoms with Crippen molar-refractivity contribution in [2.45, 2.75) is 58.8 Å². The highest BCUT2D eigenvalue weighted by atomic mass is 16.5. The van der Waals surface area contributed by atoms with Crippen molar-refractivity contribution in [2.75, 3.05) is 26.2 Å². The van der Waals surface area contributed by atoms with Crippen LogP contribution in [0.15, 0.2) is 6.20 Å². The van der Waals surface area contributed by atoms with Crippen LogP contribution < -0.4 is 0 Å². The van der Waals surface area contributed by atoms with Crippen LogP contribution in [0.1, 0.15) is 44.9 Å². The molecule has 2 atom stereocenters. The zero-order valence-electron chi connectivity index (χ0n) is 16.1. The lowest BCUT2D eigenvalue weighted by molar-refractivity contribution is -0.148. The molecule has 0 radical (unpaired) electrons. The summed E-state index contributed by atoms with van der Waals surface area (Å²) in [5.41, 5.74) is 2.52. The van der Waals surface area contributed by atoms with E-state index in [-0.39, 0.29) is 18.1 Å². The van der Waals surface area contributed by atoms with E-state index in [4.69, 9.17) is 4.74 Å². The van der Waals surface area contributed by atoms with Crippen molar-refractivity contribution >= 4 is 5.91 Å². The third-order valence-corrected chi connectivity index (χ3v) is 5.39. The average molecular weight is 348 g/mol. The van der Waals surface area contributed by atoms with E-state index < -0.39 is 0 Å². The number of likely N-dealkylation sites (tertiary alicyclic amines) is 1. The molecule has 0 bridgehead atoms. The Bertz CT molecular complexity index is 582. The lowest BCUT2D eigenvalue weighted by atomic mass is 9.94. The maximum atomic E-state index is 12.9. The fraction of sp³-hybridized carbons (Fsp3) is 0.789. The van der Waals surface area contributed by atoms with E-state index in [1.54, 1.807) is 0 Å². The Hall–Kier alpha value is -1.40. The molecule has 2 fully saturated rings. The first-order valence-corrected chi connectivity index (χ1v) is 9.64. The summed E-state index contributed by atoms with van der Waals surface area (Å²) in [6, 6.07) is 0. The summed E-state index contributed by atoms with van der Waals surface area (Å²) < 4.78 is 7.66. The van der Waals surface area contributed by atoms with Crippen LogP contribution in [-0.4, -0.2) is 63.9 Å². The number of aryl methyl sites for hydroxylation is 2. The second-order valence-corrected chi connectivity index (χ2v) is 7.68. The number of aromatic nitrogens is 2. The van der Waals surface area contributed by atoms with Crippen LogP contribution in [0, 0.1) is 5.92 Å². The highest BCUT2D eigenvalue weighted by molar-refractivity contribution is 5.79. The summed E-state index contributed by atoms with van der Waals surface area (Å²) in [4.78, 5) is 17.3. The maximum absolute atomic E-state index is 12.9. The number of hydrogen-bond donors (Lipinski definition) is 0. The molecule has 0 aromatic carbocycles. The van der Waals surface area contributed by atoms with Crippen molar-refractivity contribution in [2.24, 2.45) is 13.0 Å². The van der Waals surface area contributed by atoms with Crippen molar-refractivity contribution in [1.82, 2.24) is 19.6 Å². The summed E-state index contributed by atoms with van der Waals surface area (Å²) in [5.74, 6) is 0.505. The Kier molecular flexibility index (Phi) is 5.79. The summed E-state index contributed by atoms with van der Waals surface area (Å²) in [6.07, 6.45) is 5.31. The average Bonchev–Trinajstić information content (AvgIpc) is 2.93. The highest BCUT2D eigenvalue weighted by Gasteiger charge is 2.32. The van der Waals surface area contributed by atoms with Gasteiger partial charge in [0.15, 0.2) is 0 Å². The van der Waals surface area contributed by atoms with Crippen LogP contribution in [0.25, 0.3) is 0 Å². The van der Waals surface area contributed by atoms with Gasteiger partial charge in [-0.1, -0.05) is 6.92 Å². The minimum absolute atomic E-state index is 0.144. The second kappa shape index (κ2) is 7.87. The second-order valence-electron chi connectivity index (χ2n) is 7.68. The summed E-state index contributed by atoms with van der Waals surface area (Å²) in [5, 5.41) is 4.53. The Balaban J connectivity index is 1.52. The number of morpholine rings is 1. The smallest absolute Gasteiger partial charge is 0.225 e. The number of nitrogens with zero attached hydrogens (tertiary/aromatic N) is 4. The first-order chi connectivity index (χ1) is 12.0. The molecule has 1 aromatic heterocycles. The first-order valence-electron chi connectivity index (χ1n) is 9.64. The van der Waals surface area contributed by atoms with E-state index in [1.165, 1.54) is 11.3 Å². The molecule has 2 aliphatic rings. The normalized spacial score (nSPS) is 26.2. The number of piperidine rings is 1. The van der Waals surface area contributed by atoms with Crippen LogP contribution in [0.5, 0.6) is 0 Å². The number of ether oxygens (including phenoxy) is 1. The standard InChI is InChI=1S/C19H32N4O2/c1-5-18-17(12-21(4)20-18)13-22-8-6-16(7-9-22)19(24)23-10-14(2)25-15(3)11-23/h12,14-16H,5-11,13H2,1-4H3/t14-,15-/m1/s1. The minimum Gasteiger partial charge on any atom is -0.372 e. The van der Waals surface area contributed by atoms with Crippen molar-refractivity contribution in [3.63, 3.8) is 0 Å². The molecule has 1 amide bonds. The van der Waals surface area contributed by atoms with Gasteiger partial charge in [0.1, 0.15) is 0 Å². The third kappa shape index (κ3) is 4.42. The predicted octanol–water partition coefficient (Wildman–Crippen LogP) is 1.83. The molecular formula is C19H32N4O2. The fourth-order valence-corrected chi connectivity index (χ4v) is 4.21. The monoisotopic (exact) mass is 348 g/mol. The number of amides is 1. The van der Waals surface area contributed by atoms with E-state index in [0.717, 1.165) is 52.0 Å². The van der Waals surface area contributed by atoms with Gasteiger partial charge in [-0.2, -0.15) is 5.10 Å². The van der Waals surface area contributed by atoms with Crippen LogP contribution >= 0.6 is 0 Å². The van der Waals surface area contributed by atoms with Gasteiger partial charge in [-0.15, -0.1) is 0 Å². The zero-order chi connectivity index (χ0) is 18.0. The Morgan fingerprint density at radius 2 is 1.88 bits per heavy atom. The van der Waals surface area contributed by atoms with Gasteiger partial charge < -0.3 is 9.64 Å². The van der Waals surface area contributed by atoms with Gasteiger partial charge in [0.25, 0.3) is 0 Å². The molecule has 2 saturated heterocycles. The predicted molar refractivity (Wildman–Crippen MR) is 97.2 cm³/mol. The molecular weight excluding hydrogens is 316 g/mol. The third-order valence-electron chi connectivity index (χ3n) is 5.39. The van der Waals surface area contributed by atoms with E-state index in [0.29, 0.717) is 5.91 Å². The molecule has 0 aliphatic carbocycles. The van der Waals surface area contributed by atoms with Gasteiger partial charge in [0, 0.05) is 44.4 Å². The van der Waals surface area contributed by atoms with Gasteiger partial charge in [-0.05, 0) is 46.2 Å². The number of carbonyl (C=O) groups excluding carboxylic acids is 1. The van der Waals surface area contributed by atoms with Crippen molar-refractivity contribution in [1.29, 1.82) is 0 Å². The lowest BCUT2D eigenvalue weighted by Crippen LogP contribution is -2.51. The van der Waals surface area contributed by atoms with E-state index >= 15 is 0 Å². The molecule has 140 valence electrons. The largest absolute Gasteiger partial charge is 0.372 e. The molecule has 6 nitrogen and oxygen atoms in total. The molecule has 0 N–H and O–H groups in total. The highest BCUT2D eigenvalue weighted by Crippen LogP contribution is 2.23. The van der Waals surface area contributed by atoms with Gasteiger partial charge in [-0.3, -0.25) is 14.4 Å². The van der Waals surface area contributed by atoms with Crippen LogP contribution in [0.4, 0.5) is 0 Å². The van der Waals surface area contributed by atoms with E-state index in [9.17, 15) is 4.79 Å². The summed E-state index contributed by atoms with van der Waals surface area (Å²) in [6.45, 7) is 10.7. The zero-order valence-corrected chi connectivity index (χ0v) is 16.1. The number of carbonyl (C=O) groups is 1. The van der Waals surface area contributed by atoms with Crippen LogP contribution in [0.2, 0.25) is 0 Å². The molecule has 2 aliphatic heterocycles. The Labute approximate surface area is 151 Å². The molecule has 0 saturated carbocycles. The summed E-state index contributed by atoms with van der Waals surface area (Å²) >= 11 is 0. The van der Waals surface area contributed by atoms with Gasteiger partial charge in [0.05, 0.1) is 17.9 Å². The SMILES string of the molecule is CCc1nn(C)cc1CN1CCC(C(=O)N2C[C@@H](C)O[C@H](C)C2)CC1. The molecule has 3 heterocycles. The summed E-state index contributed by atoms with van der Waals surface area (Å²) in [7, 11) is 1.98. The van der Waals surface area contributed by atoms with Crippen molar-refractivity contribution in [3.05, 3.63) is 17.5 Å². The molecule has 25 heavy (non-hydrogen) atoms. The van der Waals surface area contributed by atoms with E-state index in [2.05, 4.69) is 37.0 Å². The van der Waals surface area contributed by atoms with Crippen LogP contribution in [-0.2, 0) is 29.5 Å². The fourth-order valence-electron chi connectivity index (χ4n) is 4.21. The maximum Gasteiger partial charge on any atom is 0.225 e. The molecule has 0 spiro atoms. The number of rotatable bonds is 4. The van der Waals surface area contributed by atoms with Crippen LogP contribution in [0.3, 0.4) is 0 Å². The minimum atomic E-state index is 0.144. The van der Waals surface area contributed by atoms with E-state index in [1.807, 2.05) is 16.6 Å².